The minimum absolute atomic E-state index is 0.00107. The number of hydrogen-bond acceptors (Lipinski definition) is 10. The smallest absolute Gasteiger partial charge is 0.320 e. The van der Waals surface area contributed by atoms with Gasteiger partial charge < -0.3 is 35.0 Å². The Morgan fingerprint density at radius 3 is 2.53 bits per heavy atom. The molecule has 2 N–H and O–H groups in total. The number of likely N-dealkylation sites (N-methyl/N-ethyl adjacent to an activating group) is 1. The fourth-order valence-electron chi connectivity index (χ4n) is 8.81. The Morgan fingerprint density at radius 1 is 1.04 bits per heavy atom. The zero-order chi connectivity index (χ0) is 37.2. The summed E-state index contributed by atoms with van der Waals surface area (Å²) in [6, 6.07) is 10.7. The van der Waals surface area contributed by atoms with E-state index in [1.165, 1.54) is 32.1 Å². The Labute approximate surface area is 316 Å². The lowest BCUT2D eigenvalue weighted by Gasteiger charge is -2.49. The van der Waals surface area contributed by atoms with Crippen LogP contribution in [-0.2, 0) is 9.53 Å². The first-order valence-electron chi connectivity index (χ1n) is 20.4. The molecule has 12 nitrogen and oxygen atoms in total. The van der Waals surface area contributed by atoms with Crippen LogP contribution in [0.25, 0.3) is 0 Å². The predicted molar refractivity (Wildman–Crippen MR) is 209 cm³/mol. The van der Waals surface area contributed by atoms with Gasteiger partial charge in [0.15, 0.2) is 11.5 Å². The fraction of sp³-hybridized carbons (Fsp3) is 0.683. The molecule has 53 heavy (non-hydrogen) atoms. The summed E-state index contributed by atoms with van der Waals surface area (Å²) >= 11 is 0. The van der Waals surface area contributed by atoms with E-state index in [4.69, 9.17) is 9.72 Å². The molecule has 4 aliphatic heterocycles. The zero-order valence-corrected chi connectivity index (χ0v) is 32.3. The summed E-state index contributed by atoms with van der Waals surface area (Å²) < 4.78 is 6.37. The van der Waals surface area contributed by atoms with Crippen molar-refractivity contribution in [2.24, 2.45) is 11.3 Å². The third-order valence-corrected chi connectivity index (χ3v) is 12.3. The summed E-state index contributed by atoms with van der Waals surface area (Å²) in [6.45, 7) is 10.9. The van der Waals surface area contributed by atoms with Crippen LogP contribution in [0.4, 0.5) is 27.8 Å². The van der Waals surface area contributed by atoms with E-state index in [1.807, 2.05) is 24.1 Å². The Hall–Kier alpha value is -4.11. The average Bonchev–Trinajstić information content (AvgIpc) is 3.53. The van der Waals surface area contributed by atoms with Crippen molar-refractivity contribution in [2.45, 2.75) is 109 Å². The summed E-state index contributed by atoms with van der Waals surface area (Å²) in [6.07, 6.45) is 15.7. The molecule has 4 aliphatic rings. The van der Waals surface area contributed by atoms with Crippen molar-refractivity contribution >= 4 is 35.0 Å². The van der Waals surface area contributed by atoms with Crippen molar-refractivity contribution in [3.05, 3.63) is 36.2 Å². The largest absolute Gasteiger partial charge is 0.460 e. The van der Waals surface area contributed by atoms with Gasteiger partial charge in [0.2, 0.25) is 0 Å². The molecule has 12 heteroatoms. The molecule has 3 atom stereocenters. The van der Waals surface area contributed by atoms with Crippen LogP contribution in [0, 0.1) is 22.7 Å². The summed E-state index contributed by atoms with van der Waals surface area (Å²) in [4.78, 5) is 43.7. The summed E-state index contributed by atoms with van der Waals surface area (Å²) in [7, 11) is 1.85. The number of urea groups is 1. The SMILES string of the molecule is CCCCCCCCC(CC)C(=O)OC1CNCCC12CCN(c1ccc(Nc3nc(N4CCC[C@@H](N5CCN(C)C5=O)C4)cnc3C#N)cc1)CC2. The molecule has 6 rings (SSSR count). The fourth-order valence-corrected chi connectivity index (χ4v) is 8.81. The van der Waals surface area contributed by atoms with Gasteiger partial charge in [0.1, 0.15) is 18.0 Å². The van der Waals surface area contributed by atoms with Crippen LogP contribution in [0.15, 0.2) is 30.5 Å². The van der Waals surface area contributed by atoms with Crippen LogP contribution >= 0.6 is 0 Å². The van der Waals surface area contributed by atoms with Crippen LogP contribution in [0.2, 0.25) is 0 Å². The van der Waals surface area contributed by atoms with Crippen molar-refractivity contribution in [2.75, 3.05) is 74.5 Å². The van der Waals surface area contributed by atoms with Crippen molar-refractivity contribution in [3.63, 3.8) is 0 Å². The highest BCUT2D eigenvalue weighted by Gasteiger charge is 2.45. The van der Waals surface area contributed by atoms with Gasteiger partial charge in [-0.05, 0) is 75.8 Å². The van der Waals surface area contributed by atoms with Gasteiger partial charge in [-0.3, -0.25) is 4.79 Å². The quantitative estimate of drug-likeness (QED) is 0.151. The van der Waals surface area contributed by atoms with Gasteiger partial charge in [0.25, 0.3) is 0 Å². The van der Waals surface area contributed by atoms with E-state index in [9.17, 15) is 14.9 Å². The molecule has 288 valence electrons. The van der Waals surface area contributed by atoms with Crippen molar-refractivity contribution < 1.29 is 14.3 Å². The summed E-state index contributed by atoms with van der Waals surface area (Å²) in [5.41, 5.74) is 2.25. The Bertz CT molecular complexity index is 1550. The van der Waals surface area contributed by atoms with Crippen molar-refractivity contribution in [3.8, 4) is 6.07 Å². The molecule has 4 fully saturated rings. The Morgan fingerprint density at radius 2 is 1.81 bits per heavy atom. The predicted octanol–water partition coefficient (Wildman–Crippen LogP) is 6.70. The normalized spacial score (nSPS) is 22.2. The number of amides is 2. The van der Waals surface area contributed by atoms with Gasteiger partial charge >= 0.3 is 12.0 Å². The van der Waals surface area contributed by atoms with Crippen molar-refractivity contribution in [1.29, 1.82) is 5.26 Å². The van der Waals surface area contributed by atoms with E-state index in [0.29, 0.717) is 18.2 Å². The van der Waals surface area contributed by atoms with Crippen LogP contribution in [0.5, 0.6) is 0 Å². The molecule has 1 spiro atoms. The number of anilines is 4. The van der Waals surface area contributed by atoms with E-state index in [-0.39, 0.29) is 41.2 Å². The lowest BCUT2D eigenvalue weighted by molar-refractivity contribution is -0.165. The highest BCUT2D eigenvalue weighted by molar-refractivity contribution is 5.76. The van der Waals surface area contributed by atoms with Crippen LogP contribution in [0.3, 0.4) is 0 Å². The molecule has 0 saturated carbocycles. The monoisotopic (exact) mass is 727 g/mol. The number of unbranched alkanes of at least 4 members (excludes halogenated alkanes) is 5. The minimum Gasteiger partial charge on any atom is -0.460 e. The number of nitrogens with zero attached hydrogens (tertiary/aromatic N) is 7. The van der Waals surface area contributed by atoms with Gasteiger partial charge in [-0.25, -0.2) is 14.8 Å². The van der Waals surface area contributed by atoms with Gasteiger partial charge in [-0.1, -0.05) is 52.4 Å². The van der Waals surface area contributed by atoms with E-state index in [0.717, 1.165) is 109 Å². The highest BCUT2D eigenvalue weighted by Crippen LogP contribution is 2.43. The minimum atomic E-state index is -0.0810. The zero-order valence-electron chi connectivity index (χ0n) is 32.3. The van der Waals surface area contributed by atoms with Crippen LogP contribution in [0.1, 0.15) is 103 Å². The van der Waals surface area contributed by atoms with Crippen LogP contribution < -0.4 is 20.4 Å². The number of benzene rings is 1. The number of rotatable bonds is 15. The second-order valence-electron chi connectivity index (χ2n) is 15.7. The maximum Gasteiger partial charge on any atom is 0.320 e. The third-order valence-electron chi connectivity index (χ3n) is 12.3. The summed E-state index contributed by atoms with van der Waals surface area (Å²) in [5, 5.41) is 16.7. The average molecular weight is 728 g/mol. The number of hydrogen-bond donors (Lipinski definition) is 2. The van der Waals surface area contributed by atoms with Gasteiger partial charge in [-0.2, -0.15) is 5.26 Å². The first-order chi connectivity index (χ1) is 25.8. The topological polar surface area (TPSA) is 130 Å². The molecule has 2 unspecified atom stereocenters. The number of carbonyl (C=O) groups excluding carboxylic acids is 2. The lowest BCUT2D eigenvalue weighted by Crippen LogP contribution is -2.56. The van der Waals surface area contributed by atoms with Gasteiger partial charge in [0, 0.05) is 69.7 Å². The number of nitrogens with one attached hydrogen (secondary N) is 2. The standard InChI is InChI=1S/C41H61N9O3/c1-4-6-7-8-9-10-12-31(5-2)39(51)53-36-28-43-21-18-41(36)19-23-48(24-20-41)33-16-14-32(15-17-33)45-38-35(27-42)44-29-37(46-38)49-22-11-13-34(30-49)50-26-25-47(3)40(50)52/h14-17,29,31,34,36,43H,4-13,18-26,28,30H2,1-3H3,(H,45,46)/t31?,34-,36?/m1/s1. The maximum absolute atomic E-state index is 13.4. The number of aromatic nitrogens is 2. The second kappa shape index (κ2) is 18.3. The lowest BCUT2D eigenvalue weighted by atomic mass is 9.69. The highest BCUT2D eigenvalue weighted by atomic mass is 16.5. The molecule has 5 heterocycles. The Balaban J connectivity index is 1.03. The molecule has 2 amide bonds. The molecular formula is C41H61N9O3. The molecule has 0 radical (unpaired) electrons. The molecule has 1 aromatic heterocycles. The molecule has 4 saturated heterocycles. The number of esters is 1. The number of carbonyl (C=O) groups is 2. The second-order valence-corrected chi connectivity index (χ2v) is 15.7. The van der Waals surface area contributed by atoms with E-state index < -0.39 is 0 Å². The molecule has 1 aromatic carbocycles. The van der Waals surface area contributed by atoms with Crippen LogP contribution in [-0.4, -0.2) is 103 Å². The van der Waals surface area contributed by atoms with Gasteiger partial charge in [0.05, 0.1) is 18.2 Å². The van der Waals surface area contributed by atoms with E-state index in [2.05, 4.69) is 57.5 Å². The van der Waals surface area contributed by atoms with E-state index >= 15 is 0 Å². The third kappa shape index (κ3) is 9.34. The molecule has 2 aromatic rings. The first-order valence-corrected chi connectivity index (χ1v) is 20.4. The molecule has 0 bridgehead atoms. The Kier molecular flexibility index (Phi) is 13.3. The molecular weight excluding hydrogens is 667 g/mol. The number of ether oxygens (including phenoxy) is 1. The summed E-state index contributed by atoms with van der Waals surface area (Å²) in [5.74, 6) is 1.14. The van der Waals surface area contributed by atoms with Crippen molar-refractivity contribution in [1.82, 2.24) is 25.1 Å². The maximum atomic E-state index is 13.4. The first kappa shape index (κ1) is 38.6. The number of nitriles is 1. The number of piperidine rings is 3. The molecule has 0 aliphatic carbocycles. The van der Waals surface area contributed by atoms with E-state index in [1.54, 1.807) is 11.1 Å². The van der Waals surface area contributed by atoms with Gasteiger partial charge in [-0.15, -0.1) is 0 Å².